The number of morpholine rings is 1. The number of carbonyl (C=O) groups is 2. The van der Waals surface area contributed by atoms with Crippen LogP contribution in [0.2, 0.25) is 0 Å². The maximum Gasteiger partial charge on any atom is 0.471 e. The zero-order valence-electron chi connectivity index (χ0n) is 8.66. The molecule has 8 heteroatoms. The molecule has 96 valence electrons. The Morgan fingerprint density at radius 2 is 1.94 bits per heavy atom. The van der Waals surface area contributed by atoms with Crippen molar-refractivity contribution >= 4 is 11.9 Å². The lowest BCUT2D eigenvalue weighted by molar-refractivity contribution is -0.200. The van der Waals surface area contributed by atoms with Gasteiger partial charge in [-0.05, 0) is 12.8 Å². The van der Waals surface area contributed by atoms with Gasteiger partial charge in [-0.25, -0.2) is 4.79 Å². The van der Waals surface area contributed by atoms with Crippen LogP contribution in [0.3, 0.4) is 0 Å². The fourth-order valence-corrected chi connectivity index (χ4v) is 1.91. The summed E-state index contributed by atoms with van der Waals surface area (Å²) in [6.07, 6.45) is -5.52. The Kier molecular flexibility index (Phi) is 2.57. The summed E-state index contributed by atoms with van der Waals surface area (Å²) in [7, 11) is 0. The lowest BCUT2D eigenvalue weighted by Crippen LogP contribution is -2.59. The van der Waals surface area contributed by atoms with E-state index in [4.69, 9.17) is 9.84 Å². The van der Waals surface area contributed by atoms with Gasteiger partial charge in [0.1, 0.15) is 0 Å². The number of aliphatic carboxylic acids is 1. The van der Waals surface area contributed by atoms with Gasteiger partial charge >= 0.3 is 18.1 Å². The summed E-state index contributed by atoms with van der Waals surface area (Å²) in [5.41, 5.74) is -0.932. The van der Waals surface area contributed by atoms with Crippen molar-refractivity contribution in [1.29, 1.82) is 0 Å². The monoisotopic (exact) mass is 253 g/mol. The molecule has 1 saturated carbocycles. The number of nitrogens with zero attached hydrogens (tertiary/aromatic N) is 1. The molecule has 17 heavy (non-hydrogen) atoms. The zero-order valence-corrected chi connectivity index (χ0v) is 8.66. The molecule has 5 nitrogen and oxygen atoms in total. The molecule has 1 N–H and O–H groups in total. The smallest absolute Gasteiger partial charge is 0.471 e. The molecule has 0 aromatic heterocycles. The van der Waals surface area contributed by atoms with Crippen LogP contribution >= 0.6 is 0 Å². The van der Waals surface area contributed by atoms with Crippen molar-refractivity contribution in [1.82, 2.24) is 4.90 Å². The highest BCUT2D eigenvalue weighted by molar-refractivity contribution is 5.84. The Morgan fingerprint density at radius 1 is 1.35 bits per heavy atom. The van der Waals surface area contributed by atoms with Crippen molar-refractivity contribution < 1.29 is 32.6 Å². The van der Waals surface area contributed by atoms with Gasteiger partial charge in [0.05, 0.1) is 18.7 Å². The highest BCUT2D eigenvalue weighted by Gasteiger charge is 2.59. The Hall–Kier alpha value is -1.31. The maximum atomic E-state index is 12.4. The van der Waals surface area contributed by atoms with Crippen LogP contribution < -0.4 is 0 Å². The molecule has 0 radical (unpaired) electrons. The molecular formula is C9H10F3NO4. The number of amides is 1. The number of carboxylic acids is 1. The van der Waals surface area contributed by atoms with Crippen LogP contribution in [-0.2, 0) is 14.3 Å². The first-order chi connectivity index (χ1) is 7.76. The Bertz CT molecular complexity index is 364. The van der Waals surface area contributed by atoms with Crippen LogP contribution in [0.1, 0.15) is 12.8 Å². The summed E-state index contributed by atoms with van der Waals surface area (Å²) in [5, 5.41) is 8.69. The molecule has 1 saturated heterocycles. The fourth-order valence-electron chi connectivity index (χ4n) is 1.91. The minimum atomic E-state index is -4.98. The molecule has 1 aliphatic heterocycles. The Labute approximate surface area is 94.1 Å². The van der Waals surface area contributed by atoms with E-state index >= 15 is 0 Å². The van der Waals surface area contributed by atoms with E-state index in [1.165, 1.54) is 0 Å². The molecule has 2 rings (SSSR count). The summed E-state index contributed by atoms with van der Waals surface area (Å²) in [5.74, 6) is -3.34. The number of halogens is 3. The quantitative estimate of drug-likeness (QED) is 0.734. The third kappa shape index (κ3) is 2.08. The third-order valence-corrected chi connectivity index (χ3v) is 3.06. The third-order valence-electron chi connectivity index (χ3n) is 3.06. The van der Waals surface area contributed by atoms with Crippen LogP contribution in [0.25, 0.3) is 0 Å². The van der Waals surface area contributed by atoms with E-state index in [1.807, 2.05) is 0 Å². The van der Waals surface area contributed by atoms with E-state index in [1.54, 1.807) is 0 Å². The van der Waals surface area contributed by atoms with E-state index in [0.717, 1.165) is 0 Å². The largest absolute Gasteiger partial charge is 0.479 e. The second-order valence-corrected chi connectivity index (χ2v) is 4.28. The van der Waals surface area contributed by atoms with Crippen molar-refractivity contribution in [3.8, 4) is 0 Å². The highest BCUT2D eigenvalue weighted by atomic mass is 19.4. The second kappa shape index (κ2) is 3.59. The van der Waals surface area contributed by atoms with Gasteiger partial charge in [-0.1, -0.05) is 0 Å². The molecule has 1 heterocycles. The Balaban J connectivity index is 2.17. The molecule has 2 aliphatic rings. The fraction of sp³-hybridized carbons (Fsp3) is 0.778. The summed E-state index contributed by atoms with van der Waals surface area (Å²) < 4.78 is 42.0. The SMILES string of the molecule is O=C(O)C1CN(C(=O)C(F)(F)F)C2(CC2)CO1. The topological polar surface area (TPSA) is 66.8 Å². The number of ether oxygens (including phenoxy) is 1. The van der Waals surface area contributed by atoms with Gasteiger partial charge in [0.15, 0.2) is 6.10 Å². The highest BCUT2D eigenvalue weighted by Crippen LogP contribution is 2.46. The van der Waals surface area contributed by atoms with Gasteiger partial charge in [0.2, 0.25) is 0 Å². The molecule has 2 fully saturated rings. The minimum absolute atomic E-state index is 0.147. The predicted molar refractivity (Wildman–Crippen MR) is 47.1 cm³/mol. The van der Waals surface area contributed by atoms with Crippen molar-refractivity contribution in [2.24, 2.45) is 0 Å². The summed E-state index contributed by atoms with van der Waals surface area (Å²) in [6, 6.07) is 0. The van der Waals surface area contributed by atoms with Crippen molar-refractivity contribution in [3.05, 3.63) is 0 Å². The first-order valence-electron chi connectivity index (χ1n) is 4.99. The predicted octanol–water partition coefficient (Wildman–Crippen LogP) is 0.393. The molecule has 0 aromatic carbocycles. The molecule has 1 unspecified atom stereocenters. The molecule has 1 aliphatic carbocycles. The van der Waals surface area contributed by atoms with Crippen LogP contribution in [0.5, 0.6) is 0 Å². The van der Waals surface area contributed by atoms with Crippen molar-refractivity contribution in [2.45, 2.75) is 30.7 Å². The maximum absolute atomic E-state index is 12.4. The van der Waals surface area contributed by atoms with E-state index in [-0.39, 0.29) is 6.61 Å². The number of carboxylic acid groups (broad SMARTS) is 1. The molecule has 0 aromatic rings. The van der Waals surface area contributed by atoms with Gasteiger partial charge in [0, 0.05) is 0 Å². The average molecular weight is 253 g/mol. The molecule has 1 spiro atoms. The minimum Gasteiger partial charge on any atom is -0.479 e. The molecule has 1 amide bonds. The van der Waals surface area contributed by atoms with Gasteiger partial charge < -0.3 is 14.7 Å². The number of hydrogen-bond acceptors (Lipinski definition) is 3. The standard InChI is InChI=1S/C9H10F3NO4/c10-9(11,12)7(16)13-3-5(6(14)15)17-4-8(13)1-2-8/h5H,1-4H2,(H,14,15). The van der Waals surface area contributed by atoms with Crippen LogP contribution in [0, 0.1) is 0 Å². The van der Waals surface area contributed by atoms with Crippen LogP contribution in [-0.4, -0.2) is 52.9 Å². The summed E-state index contributed by atoms with van der Waals surface area (Å²) in [6.45, 7) is -0.695. The van der Waals surface area contributed by atoms with Gasteiger partial charge in [-0.2, -0.15) is 13.2 Å². The van der Waals surface area contributed by atoms with Crippen LogP contribution in [0.4, 0.5) is 13.2 Å². The number of rotatable bonds is 1. The molecule has 1 atom stereocenters. The summed E-state index contributed by atoms with van der Waals surface area (Å²) >= 11 is 0. The lowest BCUT2D eigenvalue weighted by atomic mass is 10.1. The van der Waals surface area contributed by atoms with Crippen LogP contribution in [0.15, 0.2) is 0 Å². The Morgan fingerprint density at radius 3 is 2.35 bits per heavy atom. The first-order valence-corrected chi connectivity index (χ1v) is 4.99. The normalized spacial score (nSPS) is 27.0. The number of hydrogen-bond donors (Lipinski definition) is 1. The van der Waals surface area contributed by atoms with Crippen molar-refractivity contribution in [3.63, 3.8) is 0 Å². The van der Waals surface area contributed by atoms with E-state index in [0.29, 0.717) is 17.7 Å². The van der Waals surface area contributed by atoms with E-state index < -0.39 is 36.2 Å². The van der Waals surface area contributed by atoms with Crippen molar-refractivity contribution in [2.75, 3.05) is 13.2 Å². The van der Waals surface area contributed by atoms with E-state index in [9.17, 15) is 22.8 Å². The lowest BCUT2D eigenvalue weighted by Gasteiger charge is -2.39. The summed E-state index contributed by atoms with van der Waals surface area (Å²) in [4.78, 5) is 22.5. The van der Waals surface area contributed by atoms with E-state index in [2.05, 4.69) is 0 Å². The zero-order chi connectivity index (χ0) is 12.8. The van der Waals surface area contributed by atoms with Gasteiger partial charge in [-0.3, -0.25) is 4.79 Å². The molecular weight excluding hydrogens is 243 g/mol. The van der Waals surface area contributed by atoms with Gasteiger partial charge in [-0.15, -0.1) is 0 Å². The number of alkyl halides is 3. The van der Waals surface area contributed by atoms with Gasteiger partial charge in [0.25, 0.3) is 0 Å². The number of carbonyl (C=O) groups excluding carboxylic acids is 1. The second-order valence-electron chi connectivity index (χ2n) is 4.28. The average Bonchev–Trinajstić information content (AvgIpc) is 2.96. The molecule has 0 bridgehead atoms. The first kappa shape index (κ1) is 12.2.